The van der Waals surface area contributed by atoms with Crippen LogP contribution in [0.5, 0.6) is 0 Å². The van der Waals surface area contributed by atoms with Crippen molar-refractivity contribution in [3.8, 4) is 0 Å². The van der Waals surface area contributed by atoms with Crippen LogP contribution in [0.3, 0.4) is 0 Å². The molecule has 16 nitrogen and oxygen atoms in total. The number of phosphoric ester groups is 2. The van der Waals surface area contributed by atoms with Crippen LogP contribution in [-0.2, 0) is 55.8 Å². The van der Waals surface area contributed by atoms with Crippen molar-refractivity contribution in [2.75, 3.05) is 39.6 Å². The summed E-state index contributed by atoms with van der Waals surface area (Å²) >= 11 is 0. The zero-order valence-electron chi connectivity index (χ0n) is 70.1. The van der Waals surface area contributed by atoms with Gasteiger partial charge in [0.1, 0.15) is 25.4 Å². The van der Waals surface area contributed by atoms with Crippen LogP contribution in [0, 0.1) is 0 Å². The molecule has 18 heteroatoms. The quantitative estimate of drug-likeness (QED) is 0.0146. The van der Waals surface area contributed by atoms with Gasteiger partial charge in [-0.1, -0.05) is 359 Å². The Kier molecular flexibility index (Phi) is 81.3. The van der Waals surface area contributed by atoms with Crippen LogP contribution >= 0.6 is 15.6 Å². The second-order valence-corrected chi connectivity index (χ2v) is 32.2. The minimum absolute atomic E-state index is 0.0874. The van der Waals surface area contributed by atoms with Gasteiger partial charge in [-0.2, -0.15) is 0 Å². The predicted molar refractivity (Wildman–Crippen MR) is 463 cm³/mol. The van der Waals surface area contributed by atoms with E-state index in [1.807, 2.05) is 0 Å². The largest absolute Gasteiger partial charge is 0.472 e. The molecular weight excluding hydrogens is 1430 g/mol. The van der Waals surface area contributed by atoms with Crippen LogP contribution in [0.15, 0.2) is 146 Å². The van der Waals surface area contributed by atoms with E-state index >= 15 is 0 Å². The van der Waals surface area contributed by atoms with Gasteiger partial charge in [0.25, 0.3) is 0 Å². The first-order valence-corrected chi connectivity index (χ1v) is 47.1. The first kappa shape index (κ1) is 106. The fourth-order valence-electron chi connectivity index (χ4n) is 11.9. The summed E-state index contributed by atoms with van der Waals surface area (Å²) in [7, 11) is -9.80. The minimum Gasteiger partial charge on any atom is -0.463 e. The number of phosphoric acid groups is 2. The Morgan fingerprint density at radius 3 is 0.757 bits per heavy atom. The van der Waals surface area contributed by atoms with Gasteiger partial charge in [-0.3, -0.25) is 32.5 Å². The molecule has 0 aliphatic heterocycles. The number of ether oxygens (including phenoxy) is 3. The van der Waals surface area contributed by atoms with E-state index in [0.717, 1.165) is 154 Å². The molecule has 0 aliphatic rings. The Labute approximate surface area is 677 Å². The van der Waals surface area contributed by atoms with Gasteiger partial charge in [0.05, 0.1) is 26.4 Å². The molecule has 638 valence electrons. The number of aliphatic hydroxyl groups is 2. The summed E-state index contributed by atoms with van der Waals surface area (Å²) in [6.07, 6.45) is 106. The number of hydrogen-bond donors (Lipinski definition) is 4. The van der Waals surface area contributed by atoms with Crippen LogP contribution in [0.1, 0.15) is 367 Å². The molecule has 0 radical (unpaired) electrons. The third-order valence-electron chi connectivity index (χ3n) is 18.5. The summed E-state index contributed by atoms with van der Waals surface area (Å²) < 4.78 is 61.3. The van der Waals surface area contributed by atoms with E-state index in [4.69, 9.17) is 32.3 Å². The smallest absolute Gasteiger partial charge is 0.463 e. The third-order valence-corrected chi connectivity index (χ3v) is 20.4. The molecule has 0 spiro atoms. The Morgan fingerprint density at radius 2 is 0.477 bits per heavy atom. The van der Waals surface area contributed by atoms with Crippen LogP contribution in [0.4, 0.5) is 0 Å². The van der Waals surface area contributed by atoms with Crippen molar-refractivity contribution in [1.29, 1.82) is 0 Å². The third kappa shape index (κ3) is 86.1. The number of esters is 3. The van der Waals surface area contributed by atoms with Crippen LogP contribution in [0.2, 0.25) is 0 Å². The molecule has 0 saturated carbocycles. The molecule has 0 heterocycles. The molecule has 0 rings (SSSR count). The zero-order chi connectivity index (χ0) is 80.8. The second kappa shape index (κ2) is 84.8. The minimum atomic E-state index is -4.94. The number of carbonyl (C=O) groups is 3. The summed E-state index contributed by atoms with van der Waals surface area (Å²) in [5, 5.41) is 20.7. The average Bonchev–Trinajstić information content (AvgIpc) is 0.928. The number of unbranched alkanes of at least 4 members (excludes halogenated alkanes) is 36. The maximum absolute atomic E-state index is 13.0. The van der Waals surface area contributed by atoms with E-state index in [2.05, 4.69) is 167 Å². The number of carbonyl (C=O) groups excluding carboxylic acids is 3. The van der Waals surface area contributed by atoms with Crippen molar-refractivity contribution in [2.24, 2.45) is 0 Å². The van der Waals surface area contributed by atoms with Crippen LogP contribution in [0.25, 0.3) is 0 Å². The second-order valence-electron chi connectivity index (χ2n) is 29.3. The van der Waals surface area contributed by atoms with E-state index in [9.17, 15) is 43.5 Å². The Hall–Kier alpha value is -4.57. The van der Waals surface area contributed by atoms with E-state index in [0.29, 0.717) is 19.3 Å². The van der Waals surface area contributed by atoms with Crippen molar-refractivity contribution in [3.05, 3.63) is 146 Å². The van der Waals surface area contributed by atoms with Crippen LogP contribution < -0.4 is 0 Å². The molecule has 0 bridgehead atoms. The first-order chi connectivity index (χ1) is 54.2. The summed E-state index contributed by atoms with van der Waals surface area (Å²) in [5.74, 6) is -1.58. The standard InChI is InChI=1S/C93H160O16P2/c1-4-7-10-13-16-19-22-25-27-29-31-33-35-37-39-41-43-45-47-49-51-53-55-57-59-62-64-67-70-73-76-79-91(96)103-82-88(94)83-105-110(99,100)106-84-89(95)85-107-111(101,102)108-87-90(109-93(98)81-78-75-72-69-66-61-24-21-18-15-12-9-6-3)86-104-92(97)80-77-74-71-68-65-63-60-58-56-54-52-50-48-46-44-42-40-38-36-34-32-30-28-26-23-20-17-14-11-8-5-2/h7-8,10-12,15-17,19-21,24-28,31-34,37-40,88-90,94-95H,4-6,9,13-14,18,22-23,29-30,35-36,41-87H2,1-3H3,(H,99,100)(H,101,102)/b10-7-,11-8-,15-12-,19-16-,20-17-,24-21-,27-25-,28-26-,33-31-,34-32-,39-37-,40-38-. The lowest BCUT2D eigenvalue weighted by Crippen LogP contribution is -2.30. The van der Waals surface area contributed by atoms with Crippen molar-refractivity contribution in [2.45, 2.75) is 386 Å². The first-order valence-electron chi connectivity index (χ1n) is 44.1. The molecule has 0 fully saturated rings. The van der Waals surface area contributed by atoms with E-state index < -0.39 is 91.5 Å². The molecule has 5 unspecified atom stereocenters. The molecule has 111 heavy (non-hydrogen) atoms. The highest BCUT2D eigenvalue weighted by Gasteiger charge is 2.29. The molecule has 0 aromatic heterocycles. The van der Waals surface area contributed by atoms with Gasteiger partial charge >= 0.3 is 33.6 Å². The van der Waals surface area contributed by atoms with Gasteiger partial charge in [-0.05, 0) is 135 Å². The normalized spacial score (nSPS) is 14.5. The fraction of sp³-hybridized carbons (Fsp3) is 0.710. The van der Waals surface area contributed by atoms with Crippen molar-refractivity contribution < 1.29 is 75.8 Å². The van der Waals surface area contributed by atoms with Crippen LogP contribution in [-0.4, -0.2) is 95.9 Å². The average molecular weight is 1600 g/mol. The topological polar surface area (TPSA) is 231 Å². The number of hydrogen-bond acceptors (Lipinski definition) is 14. The van der Waals surface area contributed by atoms with E-state index in [1.165, 1.54) is 154 Å². The highest BCUT2D eigenvalue weighted by molar-refractivity contribution is 7.47. The molecule has 0 saturated heterocycles. The van der Waals surface area contributed by atoms with Crippen molar-refractivity contribution >= 4 is 33.6 Å². The summed E-state index contributed by atoms with van der Waals surface area (Å²) in [4.78, 5) is 58.8. The Balaban J connectivity index is 4.42. The Morgan fingerprint density at radius 1 is 0.261 bits per heavy atom. The van der Waals surface area contributed by atoms with Gasteiger partial charge in [-0.25, -0.2) is 9.13 Å². The van der Waals surface area contributed by atoms with E-state index in [1.54, 1.807) is 0 Å². The Bertz CT molecular complexity index is 2600. The molecule has 0 aliphatic carbocycles. The molecular formula is C93H160O16P2. The molecule has 0 amide bonds. The summed E-state index contributed by atoms with van der Waals surface area (Å²) in [6, 6.07) is 0. The van der Waals surface area contributed by atoms with Crippen molar-refractivity contribution in [1.82, 2.24) is 0 Å². The molecule has 0 aromatic rings. The number of rotatable bonds is 83. The fourth-order valence-corrected chi connectivity index (χ4v) is 13.5. The van der Waals surface area contributed by atoms with E-state index in [-0.39, 0.29) is 19.3 Å². The lowest BCUT2D eigenvalue weighted by Gasteiger charge is -2.21. The summed E-state index contributed by atoms with van der Waals surface area (Å²) in [6.45, 7) is 2.41. The van der Waals surface area contributed by atoms with Gasteiger partial charge in [0.15, 0.2) is 6.10 Å². The maximum atomic E-state index is 13.0. The molecule has 0 aromatic carbocycles. The van der Waals surface area contributed by atoms with Gasteiger partial charge in [0, 0.05) is 19.3 Å². The number of allylic oxidation sites excluding steroid dienone is 24. The zero-order valence-corrected chi connectivity index (χ0v) is 71.9. The van der Waals surface area contributed by atoms with Gasteiger partial charge in [0.2, 0.25) is 0 Å². The molecule has 4 N–H and O–H groups in total. The van der Waals surface area contributed by atoms with Gasteiger partial charge < -0.3 is 34.2 Å². The summed E-state index contributed by atoms with van der Waals surface area (Å²) in [5.41, 5.74) is 0. The SMILES string of the molecule is CC/C=C\C/C=C\C/C=C\C/C=C\C/C=C\CCCCCCCCCCCCCCCCCC(=O)OCC(O)COP(=O)(O)OCC(O)COP(=O)(O)OCC(COC(=O)CCCCCCCCCCCCCCCCC/C=C\C/C=C\C/C=C\C/C=C\C/C=C\CC)OC(=O)CCCCCCC/C=C\C/C=C\CCC. The number of aliphatic hydroxyl groups excluding tert-OH is 2. The van der Waals surface area contributed by atoms with Crippen molar-refractivity contribution in [3.63, 3.8) is 0 Å². The lowest BCUT2D eigenvalue weighted by molar-refractivity contribution is -0.161. The lowest BCUT2D eigenvalue weighted by atomic mass is 10.0. The molecule has 5 atom stereocenters. The maximum Gasteiger partial charge on any atom is 0.472 e. The predicted octanol–water partition coefficient (Wildman–Crippen LogP) is 26.8. The van der Waals surface area contributed by atoms with Gasteiger partial charge in [-0.15, -0.1) is 0 Å². The highest BCUT2D eigenvalue weighted by atomic mass is 31.2. The highest BCUT2D eigenvalue weighted by Crippen LogP contribution is 2.45. The monoisotopic (exact) mass is 1600 g/mol.